The Hall–Kier alpha value is -3.12. The largest absolute Gasteiger partial charge is 2.00 e. The van der Waals surface area contributed by atoms with E-state index in [1.807, 2.05) is 91.0 Å². The van der Waals surface area contributed by atoms with Gasteiger partial charge in [-0.1, -0.05) is 0 Å². The first-order valence-electron chi connectivity index (χ1n) is 12.2. The van der Waals surface area contributed by atoms with E-state index in [4.69, 9.17) is 0 Å². The first-order chi connectivity index (χ1) is 17.9. The zero-order chi connectivity index (χ0) is 24.7. The summed E-state index contributed by atoms with van der Waals surface area (Å²) in [7, 11) is 0. The van der Waals surface area contributed by atoms with Gasteiger partial charge >= 0.3 is 51.2 Å². The molecule has 0 radical (unpaired) electrons. The van der Waals surface area contributed by atoms with Crippen LogP contribution >= 0.6 is 0 Å². The second-order valence-electron chi connectivity index (χ2n) is 8.17. The predicted octanol–water partition coefficient (Wildman–Crippen LogP) is 10.1. The molecule has 0 saturated carbocycles. The third-order valence-electron chi connectivity index (χ3n) is 5.63. The molecule has 3 heteroatoms. The van der Waals surface area contributed by atoms with E-state index in [1.165, 1.54) is 33.4 Å². The summed E-state index contributed by atoms with van der Waals surface area (Å²) in [5.41, 5.74) is 7.69. The summed E-state index contributed by atoms with van der Waals surface area (Å²) in [5.74, 6) is 0. The molecule has 39 heavy (non-hydrogen) atoms. The van der Waals surface area contributed by atoms with Crippen LogP contribution in [0.5, 0.6) is 0 Å². The fraction of sp³-hybridized carbons (Fsp3) is 0. The Bertz CT molecular complexity index is 1270. The molecule has 0 aliphatic carbocycles. The van der Waals surface area contributed by atoms with Crippen molar-refractivity contribution in [1.29, 1.82) is 0 Å². The van der Waals surface area contributed by atoms with Crippen molar-refractivity contribution < 1.29 is 51.2 Å². The molecular weight excluding hydrogens is 600 g/mol. The fourth-order valence-corrected chi connectivity index (χ4v) is 3.85. The summed E-state index contributed by atoms with van der Waals surface area (Å²) in [4.78, 5) is 0. The van der Waals surface area contributed by atoms with E-state index in [2.05, 4.69) is 91.0 Å². The van der Waals surface area contributed by atoms with Crippen LogP contribution in [0.25, 0.3) is 33.4 Å². The fourth-order valence-electron chi connectivity index (χ4n) is 3.85. The van der Waals surface area contributed by atoms with Gasteiger partial charge in [0.1, 0.15) is 0 Å². The minimum atomic E-state index is 0. The van der Waals surface area contributed by atoms with Gasteiger partial charge in [0.15, 0.2) is 0 Å². The standard InChI is InChI=1S/C21H15.3C5H5.3Fe/c1-2-8-16(7-1)19-13-14-20(17-9-3-4-10-17)21(15-19)18-11-5-6-12-18;3*1-2-4-5-3-1;;;/h1-15H;3*1-5H;;;/q-3;3*-1;3*+2. The molecule has 7 rings (SSSR count). The van der Waals surface area contributed by atoms with Crippen molar-refractivity contribution in [2.24, 2.45) is 0 Å². The first-order valence-corrected chi connectivity index (χ1v) is 12.2. The van der Waals surface area contributed by atoms with Crippen LogP contribution in [0.3, 0.4) is 0 Å². The summed E-state index contributed by atoms with van der Waals surface area (Å²) < 4.78 is 0. The van der Waals surface area contributed by atoms with Crippen molar-refractivity contribution in [3.05, 3.63) is 182 Å². The Morgan fingerprint density at radius 3 is 1.03 bits per heavy atom. The third kappa shape index (κ3) is 11.3. The van der Waals surface area contributed by atoms with Gasteiger partial charge in [0.05, 0.1) is 0 Å². The molecule has 0 amide bonds. The molecule has 0 aliphatic rings. The molecule has 0 N–H and O–H groups in total. The van der Waals surface area contributed by atoms with Crippen LogP contribution < -0.4 is 0 Å². The zero-order valence-electron chi connectivity index (χ0n) is 21.4. The van der Waals surface area contributed by atoms with Crippen LogP contribution in [-0.2, 0) is 51.2 Å². The average Bonchev–Trinajstić information content (AvgIpc) is 3.81. The maximum Gasteiger partial charge on any atom is 2.00 e. The monoisotopic (exact) mass is 630 g/mol. The molecule has 0 aromatic heterocycles. The molecule has 0 heterocycles. The number of hydrogen-bond donors (Lipinski definition) is 0. The van der Waals surface area contributed by atoms with Crippen molar-refractivity contribution >= 4 is 0 Å². The van der Waals surface area contributed by atoms with Gasteiger partial charge in [-0.05, 0) is 0 Å². The molecule has 0 nitrogen and oxygen atoms in total. The quantitative estimate of drug-likeness (QED) is 0.135. The van der Waals surface area contributed by atoms with Gasteiger partial charge in [0, 0.05) is 0 Å². The Morgan fingerprint density at radius 1 is 0.359 bits per heavy atom. The van der Waals surface area contributed by atoms with Gasteiger partial charge in [-0.3, -0.25) is 0 Å². The van der Waals surface area contributed by atoms with Gasteiger partial charge in [-0.15, -0.1) is 58.7 Å². The Morgan fingerprint density at radius 2 is 0.692 bits per heavy atom. The summed E-state index contributed by atoms with van der Waals surface area (Å²) in [6.45, 7) is 0. The molecule has 0 fully saturated rings. The van der Waals surface area contributed by atoms with Gasteiger partial charge in [-0.25, -0.2) is 36.4 Å². The van der Waals surface area contributed by atoms with E-state index >= 15 is 0 Å². The minimum Gasteiger partial charge on any atom is -0.214 e. The first kappa shape index (κ1) is 33.9. The number of rotatable bonds is 3. The molecule has 0 aliphatic heterocycles. The van der Waals surface area contributed by atoms with Crippen LogP contribution in [0.4, 0.5) is 0 Å². The average molecular weight is 630 g/mol. The van der Waals surface area contributed by atoms with Crippen LogP contribution in [0, 0.1) is 0 Å². The molecule has 0 saturated heterocycles. The molecule has 0 atom stereocenters. The van der Waals surface area contributed by atoms with Gasteiger partial charge in [0.2, 0.25) is 0 Å². The molecule has 198 valence electrons. The van der Waals surface area contributed by atoms with Crippen LogP contribution in [0.1, 0.15) is 0 Å². The molecular formula is C36H30Fe3. The second-order valence-corrected chi connectivity index (χ2v) is 8.17. The molecule has 0 bridgehead atoms. The van der Waals surface area contributed by atoms with E-state index in [0.29, 0.717) is 0 Å². The maximum absolute atomic E-state index is 2.30. The van der Waals surface area contributed by atoms with Crippen molar-refractivity contribution in [2.75, 3.05) is 0 Å². The van der Waals surface area contributed by atoms with Crippen LogP contribution in [0.15, 0.2) is 182 Å². The van der Waals surface area contributed by atoms with E-state index in [9.17, 15) is 0 Å². The van der Waals surface area contributed by atoms with Crippen molar-refractivity contribution in [3.8, 4) is 33.4 Å². The molecule has 7 aromatic carbocycles. The van der Waals surface area contributed by atoms with Crippen LogP contribution in [-0.4, -0.2) is 0 Å². The van der Waals surface area contributed by atoms with Gasteiger partial charge < -0.3 is 0 Å². The van der Waals surface area contributed by atoms with Crippen molar-refractivity contribution in [1.82, 2.24) is 0 Å². The third-order valence-corrected chi connectivity index (χ3v) is 5.63. The predicted molar refractivity (Wildman–Crippen MR) is 156 cm³/mol. The smallest absolute Gasteiger partial charge is 0.214 e. The summed E-state index contributed by atoms with van der Waals surface area (Å²) in [5, 5.41) is 0. The summed E-state index contributed by atoms with van der Waals surface area (Å²) in [6, 6.07) is 62.3. The van der Waals surface area contributed by atoms with E-state index in [0.717, 1.165) is 0 Å². The normalized spacial score (nSPS) is 8.92. The summed E-state index contributed by atoms with van der Waals surface area (Å²) in [6.07, 6.45) is 0. The summed E-state index contributed by atoms with van der Waals surface area (Å²) >= 11 is 0. The van der Waals surface area contributed by atoms with E-state index < -0.39 is 0 Å². The minimum absolute atomic E-state index is 0. The molecule has 0 unspecified atom stereocenters. The van der Waals surface area contributed by atoms with Gasteiger partial charge in [0.25, 0.3) is 0 Å². The number of benzene rings is 1. The van der Waals surface area contributed by atoms with E-state index in [1.54, 1.807) is 0 Å². The van der Waals surface area contributed by atoms with Crippen molar-refractivity contribution in [2.45, 2.75) is 0 Å². The number of hydrogen-bond acceptors (Lipinski definition) is 0. The molecule has 7 aromatic rings. The topological polar surface area (TPSA) is 0 Å². The van der Waals surface area contributed by atoms with E-state index in [-0.39, 0.29) is 51.2 Å². The van der Waals surface area contributed by atoms with Crippen molar-refractivity contribution in [3.63, 3.8) is 0 Å². The second kappa shape index (κ2) is 19.9. The Balaban J connectivity index is 0.000000346. The Labute approximate surface area is 265 Å². The van der Waals surface area contributed by atoms with Crippen LogP contribution in [0.2, 0.25) is 0 Å². The molecule has 0 spiro atoms. The SMILES string of the molecule is [Fe+2].[Fe+2].[Fe+2].c1cc[c-](-c2ccc(-[c-]3cccc3)c(-[c-]3cccc3)c2)c1.c1cc[cH-]c1.c1cc[cH-]c1.c1cc[cH-]c1. The maximum atomic E-state index is 2.30. The van der Waals surface area contributed by atoms with Gasteiger partial charge in [-0.2, -0.15) is 120 Å². The zero-order valence-corrected chi connectivity index (χ0v) is 24.7. The Kier molecular flexibility index (Phi) is 17.3.